The monoisotopic (exact) mass is 576 g/mol. The lowest BCUT2D eigenvalue weighted by molar-refractivity contribution is -0.127. The van der Waals surface area contributed by atoms with Gasteiger partial charge >= 0.3 is 0 Å². The molecule has 1 fully saturated rings. The van der Waals surface area contributed by atoms with Crippen LogP contribution in [0.2, 0.25) is 0 Å². The molecule has 0 aliphatic carbocycles. The Morgan fingerprint density at radius 3 is 2.75 bits per heavy atom. The predicted molar refractivity (Wildman–Crippen MR) is 116 cm³/mol. The molecule has 1 aliphatic heterocycles. The van der Waals surface area contributed by atoms with E-state index in [-0.39, 0.29) is 16.3 Å². The molecule has 2 aromatic carbocycles. The van der Waals surface area contributed by atoms with Crippen LogP contribution in [0, 0.1) is 9.39 Å². The number of amides is 3. The summed E-state index contributed by atoms with van der Waals surface area (Å²) >= 11 is 5.89. The quantitative estimate of drug-likeness (QED) is 0.411. The normalized spacial score (nSPS) is 15.4. The minimum atomic E-state index is -0.615. The molecule has 10 heteroatoms. The number of hydrogen-bond donors (Lipinski definition) is 2. The second kappa shape index (κ2) is 8.62. The summed E-state index contributed by atoms with van der Waals surface area (Å²) in [4.78, 5) is 37.8. The first-order valence-corrected chi connectivity index (χ1v) is 10.4. The molecule has 144 valence electrons. The number of nitrogens with one attached hydrogen (secondary N) is 1. The molecule has 1 saturated heterocycles. The van der Waals surface area contributed by atoms with Crippen molar-refractivity contribution in [1.82, 2.24) is 4.90 Å². The molecule has 2 N–H and O–H groups in total. The van der Waals surface area contributed by atoms with Gasteiger partial charge in [-0.25, -0.2) is 4.39 Å². The molecule has 0 bridgehead atoms. The lowest BCUT2D eigenvalue weighted by Crippen LogP contribution is -2.36. The number of phenolic OH excluding ortho intramolecular Hbond substituents is 1. The lowest BCUT2D eigenvalue weighted by Gasteiger charge is -2.12. The molecule has 0 aromatic heterocycles. The van der Waals surface area contributed by atoms with Crippen molar-refractivity contribution in [3.63, 3.8) is 0 Å². The van der Waals surface area contributed by atoms with Crippen molar-refractivity contribution in [3.05, 3.63) is 60.7 Å². The van der Waals surface area contributed by atoms with Crippen molar-refractivity contribution in [2.45, 2.75) is 0 Å². The van der Waals surface area contributed by atoms with Gasteiger partial charge in [0.15, 0.2) is 0 Å². The summed E-state index contributed by atoms with van der Waals surface area (Å²) in [5.41, 5.74) is 0.847. The van der Waals surface area contributed by atoms with Crippen molar-refractivity contribution in [1.29, 1.82) is 0 Å². The van der Waals surface area contributed by atoms with Crippen LogP contribution in [0.25, 0.3) is 6.08 Å². The van der Waals surface area contributed by atoms with Crippen molar-refractivity contribution in [2.75, 3.05) is 11.9 Å². The van der Waals surface area contributed by atoms with E-state index in [0.717, 1.165) is 22.7 Å². The van der Waals surface area contributed by atoms with Crippen LogP contribution in [0.5, 0.6) is 5.75 Å². The van der Waals surface area contributed by atoms with E-state index in [1.807, 2.05) is 22.6 Å². The fourth-order valence-electron chi connectivity index (χ4n) is 2.37. The average molecular weight is 577 g/mol. The second-order valence-corrected chi connectivity index (χ2v) is 8.67. The summed E-state index contributed by atoms with van der Waals surface area (Å²) in [5, 5.41) is 11.7. The zero-order chi connectivity index (χ0) is 20.4. The van der Waals surface area contributed by atoms with Gasteiger partial charge in [-0.05, 0) is 92.3 Å². The minimum Gasteiger partial charge on any atom is -0.506 e. The van der Waals surface area contributed by atoms with Gasteiger partial charge in [0.25, 0.3) is 11.1 Å². The van der Waals surface area contributed by atoms with Gasteiger partial charge < -0.3 is 10.4 Å². The number of imide groups is 1. The Morgan fingerprint density at radius 1 is 1.32 bits per heavy atom. The van der Waals surface area contributed by atoms with Crippen LogP contribution in [-0.2, 0) is 9.59 Å². The highest BCUT2D eigenvalue weighted by atomic mass is 127. The highest BCUT2D eigenvalue weighted by Gasteiger charge is 2.36. The molecule has 0 unspecified atom stereocenters. The van der Waals surface area contributed by atoms with Crippen LogP contribution < -0.4 is 5.32 Å². The molecule has 0 atom stereocenters. The van der Waals surface area contributed by atoms with Gasteiger partial charge in [0, 0.05) is 5.69 Å². The Kier molecular flexibility index (Phi) is 6.40. The molecule has 3 amide bonds. The van der Waals surface area contributed by atoms with E-state index in [2.05, 4.69) is 21.2 Å². The number of carbonyl (C=O) groups is 3. The molecule has 0 radical (unpaired) electrons. The van der Waals surface area contributed by atoms with Crippen molar-refractivity contribution >= 4 is 79.1 Å². The van der Waals surface area contributed by atoms with E-state index >= 15 is 0 Å². The molecule has 1 heterocycles. The van der Waals surface area contributed by atoms with Gasteiger partial charge in [0.1, 0.15) is 18.1 Å². The Morgan fingerprint density at radius 2 is 2.07 bits per heavy atom. The van der Waals surface area contributed by atoms with Gasteiger partial charge in [-0.15, -0.1) is 0 Å². The number of rotatable bonds is 4. The molecular formula is C18H11BrFIN2O4S. The first-order valence-electron chi connectivity index (χ1n) is 7.73. The zero-order valence-electron chi connectivity index (χ0n) is 13.9. The minimum absolute atomic E-state index is 0.0832. The summed E-state index contributed by atoms with van der Waals surface area (Å²) in [6.07, 6.45) is 1.52. The third-order valence-electron chi connectivity index (χ3n) is 3.62. The number of hydrogen-bond acceptors (Lipinski definition) is 5. The highest BCUT2D eigenvalue weighted by Crippen LogP contribution is 2.35. The lowest BCUT2D eigenvalue weighted by atomic mass is 10.2. The molecule has 2 aromatic rings. The maximum absolute atomic E-state index is 13.2. The van der Waals surface area contributed by atoms with Crippen molar-refractivity contribution in [2.24, 2.45) is 0 Å². The number of carbonyl (C=O) groups excluding carboxylic acids is 3. The fraction of sp³-hybridized carbons (Fsp3) is 0.0556. The van der Waals surface area contributed by atoms with Gasteiger partial charge in [0.05, 0.1) is 12.9 Å². The first kappa shape index (κ1) is 20.8. The van der Waals surface area contributed by atoms with Gasteiger partial charge in [-0.1, -0.05) is 6.07 Å². The number of aromatic hydroxyl groups is 1. The molecular weight excluding hydrogens is 566 g/mol. The number of anilines is 1. The van der Waals surface area contributed by atoms with E-state index in [9.17, 15) is 23.9 Å². The van der Waals surface area contributed by atoms with Crippen LogP contribution >= 0.6 is 50.3 Å². The van der Waals surface area contributed by atoms with E-state index in [1.54, 1.807) is 12.1 Å². The largest absolute Gasteiger partial charge is 0.506 e. The Bertz CT molecular complexity index is 1010. The number of thioether (sulfide) groups is 1. The van der Waals surface area contributed by atoms with E-state index in [0.29, 0.717) is 13.6 Å². The zero-order valence-corrected chi connectivity index (χ0v) is 18.5. The molecule has 0 saturated carbocycles. The molecule has 3 rings (SSSR count). The topological polar surface area (TPSA) is 86.7 Å². The average Bonchev–Trinajstić information content (AvgIpc) is 2.87. The summed E-state index contributed by atoms with van der Waals surface area (Å²) in [7, 11) is 0. The van der Waals surface area contributed by atoms with Crippen LogP contribution in [0.15, 0.2) is 45.8 Å². The predicted octanol–water partition coefficient (Wildman–Crippen LogP) is 4.57. The van der Waals surface area contributed by atoms with Crippen LogP contribution in [0.3, 0.4) is 0 Å². The van der Waals surface area contributed by atoms with E-state index in [1.165, 1.54) is 24.3 Å². The number of nitrogens with zero attached hydrogens (tertiary/aromatic N) is 1. The van der Waals surface area contributed by atoms with Crippen molar-refractivity contribution in [3.8, 4) is 5.75 Å². The van der Waals surface area contributed by atoms with Gasteiger partial charge in [0.2, 0.25) is 5.91 Å². The van der Waals surface area contributed by atoms with Gasteiger partial charge in [-0.2, -0.15) is 0 Å². The Balaban J connectivity index is 1.73. The third kappa shape index (κ3) is 4.73. The van der Waals surface area contributed by atoms with E-state index < -0.39 is 29.4 Å². The van der Waals surface area contributed by atoms with Crippen LogP contribution in [0.4, 0.5) is 14.9 Å². The number of benzene rings is 2. The van der Waals surface area contributed by atoms with Gasteiger partial charge in [-0.3, -0.25) is 19.3 Å². The third-order valence-corrected chi connectivity index (χ3v) is 5.95. The fourth-order valence-corrected chi connectivity index (χ4v) is 4.70. The molecule has 6 nitrogen and oxygen atoms in total. The number of phenols is 1. The number of halogens is 3. The van der Waals surface area contributed by atoms with Crippen molar-refractivity contribution < 1.29 is 23.9 Å². The summed E-state index contributed by atoms with van der Waals surface area (Å²) in [6, 6.07) is 8.58. The molecule has 0 spiro atoms. The summed E-state index contributed by atoms with van der Waals surface area (Å²) in [5.74, 6) is -1.64. The Labute approximate surface area is 185 Å². The van der Waals surface area contributed by atoms with Crippen LogP contribution in [-0.4, -0.2) is 33.6 Å². The summed E-state index contributed by atoms with van der Waals surface area (Å²) < 4.78 is 14.2. The highest BCUT2D eigenvalue weighted by molar-refractivity contribution is 14.1. The Hall–Kier alpha value is -1.92. The van der Waals surface area contributed by atoms with E-state index in [4.69, 9.17) is 0 Å². The maximum atomic E-state index is 13.2. The second-order valence-electron chi connectivity index (χ2n) is 5.66. The van der Waals surface area contributed by atoms with Crippen LogP contribution in [0.1, 0.15) is 5.56 Å². The molecule has 28 heavy (non-hydrogen) atoms. The summed E-state index contributed by atoms with van der Waals surface area (Å²) in [6.45, 7) is -0.477. The maximum Gasteiger partial charge on any atom is 0.294 e. The smallest absolute Gasteiger partial charge is 0.294 e. The standard InChI is InChI=1S/C18H11BrFIN2O4S/c19-12-4-9(5-13(21)16(12)25)6-14-17(26)23(18(27)28-14)8-15(24)22-11-3-1-2-10(20)7-11/h1-7,25H,8H2,(H,22,24)/b14-6+. The first-order chi connectivity index (χ1) is 13.2. The SMILES string of the molecule is O=C(CN1C(=O)S/C(=C/c2cc(Br)c(O)c(I)c2)C1=O)Nc1cccc(F)c1. The molecule has 1 aliphatic rings.